The standard InChI is InChI=1S/C16H30O5/c1-5-7-9-19-14(10-17-8-6-2)11-18-12-15-13-20-16(3,4)21-15/h6,14-15H,2,5,7-13H2,1,3-4H3. The fourth-order valence-electron chi connectivity index (χ4n) is 2.00. The molecule has 1 fully saturated rings. The third-order valence-electron chi connectivity index (χ3n) is 3.07. The number of ether oxygens (including phenoxy) is 5. The van der Waals surface area contributed by atoms with Crippen LogP contribution in [0.1, 0.15) is 33.6 Å². The second-order valence-corrected chi connectivity index (χ2v) is 5.66. The minimum atomic E-state index is -0.502. The molecule has 0 N–H and O–H groups in total. The average molecular weight is 302 g/mol. The van der Waals surface area contributed by atoms with Crippen LogP contribution in [0.5, 0.6) is 0 Å². The van der Waals surface area contributed by atoms with E-state index in [9.17, 15) is 0 Å². The summed E-state index contributed by atoms with van der Waals surface area (Å²) in [6, 6.07) is 0. The lowest BCUT2D eigenvalue weighted by Crippen LogP contribution is -2.29. The lowest BCUT2D eigenvalue weighted by molar-refractivity contribution is -0.148. The Bertz CT molecular complexity index is 280. The first-order chi connectivity index (χ1) is 10.1. The van der Waals surface area contributed by atoms with Crippen molar-refractivity contribution in [1.29, 1.82) is 0 Å². The van der Waals surface area contributed by atoms with Crippen LogP contribution in [-0.4, -0.2) is 57.6 Å². The summed E-state index contributed by atoms with van der Waals surface area (Å²) >= 11 is 0. The van der Waals surface area contributed by atoms with Gasteiger partial charge in [-0.1, -0.05) is 19.4 Å². The summed E-state index contributed by atoms with van der Waals surface area (Å²) in [6.07, 6.45) is 3.84. The van der Waals surface area contributed by atoms with Gasteiger partial charge in [-0.25, -0.2) is 0 Å². The first-order valence-corrected chi connectivity index (χ1v) is 7.77. The van der Waals surface area contributed by atoms with E-state index in [2.05, 4.69) is 13.5 Å². The molecular weight excluding hydrogens is 272 g/mol. The van der Waals surface area contributed by atoms with E-state index in [0.717, 1.165) is 19.4 Å². The molecule has 1 aliphatic heterocycles. The molecule has 1 saturated heterocycles. The highest BCUT2D eigenvalue weighted by molar-refractivity contribution is 4.71. The van der Waals surface area contributed by atoms with Gasteiger partial charge in [-0.05, 0) is 20.3 Å². The van der Waals surface area contributed by atoms with Crippen LogP contribution in [0.2, 0.25) is 0 Å². The Hall–Kier alpha value is -0.460. The van der Waals surface area contributed by atoms with Gasteiger partial charge >= 0.3 is 0 Å². The first kappa shape index (κ1) is 18.6. The Morgan fingerprint density at radius 1 is 1.33 bits per heavy atom. The van der Waals surface area contributed by atoms with Crippen molar-refractivity contribution in [3.8, 4) is 0 Å². The number of hydrogen-bond donors (Lipinski definition) is 0. The molecule has 124 valence electrons. The van der Waals surface area contributed by atoms with Gasteiger partial charge in [0.05, 0.1) is 33.0 Å². The maximum atomic E-state index is 5.78. The Kier molecular flexibility index (Phi) is 9.11. The molecule has 1 rings (SSSR count). The van der Waals surface area contributed by atoms with E-state index in [1.165, 1.54) is 0 Å². The highest BCUT2D eigenvalue weighted by Gasteiger charge is 2.32. The third kappa shape index (κ3) is 8.53. The average Bonchev–Trinajstić information content (AvgIpc) is 2.78. The van der Waals surface area contributed by atoms with Gasteiger partial charge in [-0.15, -0.1) is 6.58 Å². The second-order valence-electron chi connectivity index (χ2n) is 5.66. The minimum absolute atomic E-state index is 0.00890. The van der Waals surface area contributed by atoms with E-state index in [0.29, 0.717) is 33.0 Å². The maximum Gasteiger partial charge on any atom is 0.163 e. The lowest BCUT2D eigenvalue weighted by Gasteiger charge is -2.20. The zero-order valence-electron chi connectivity index (χ0n) is 13.6. The molecule has 21 heavy (non-hydrogen) atoms. The molecule has 2 unspecified atom stereocenters. The smallest absolute Gasteiger partial charge is 0.163 e. The van der Waals surface area contributed by atoms with Crippen LogP contribution >= 0.6 is 0 Å². The number of unbranched alkanes of at least 4 members (excludes halogenated alkanes) is 1. The van der Waals surface area contributed by atoms with Gasteiger partial charge in [0, 0.05) is 6.61 Å². The number of rotatable bonds is 12. The van der Waals surface area contributed by atoms with Gasteiger partial charge < -0.3 is 23.7 Å². The van der Waals surface area contributed by atoms with E-state index >= 15 is 0 Å². The summed E-state index contributed by atoms with van der Waals surface area (Å²) in [6.45, 7) is 13.0. The zero-order valence-corrected chi connectivity index (χ0v) is 13.6. The molecule has 0 bridgehead atoms. The van der Waals surface area contributed by atoms with Crippen molar-refractivity contribution in [1.82, 2.24) is 0 Å². The van der Waals surface area contributed by atoms with Crippen LogP contribution in [0.25, 0.3) is 0 Å². The molecule has 0 aromatic carbocycles. The molecular formula is C16H30O5. The summed E-state index contributed by atoms with van der Waals surface area (Å²) in [5.41, 5.74) is 0. The van der Waals surface area contributed by atoms with Crippen molar-refractivity contribution >= 4 is 0 Å². The minimum Gasteiger partial charge on any atom is -0.376 e. The second kappa shape index (κ2) is 10.3. The highest BCUT2D eigenvalue weighted by Crippen LogP contribution is 2.22. The molecule has 5 heteroatoms. The van der Waals surface area contributed by atoms with Crippen LogP contribution in [0.3, 0.4) is 0 Å². The zero-order chi connectivity index (χ0) is 15.6. The summed E-state index contributed by atoms with van der Waals surface area (Å²) < 4.78 is 28.1. The third-order valence-corrected chi connectivity index (χ3v) is 3.07. The van der Waals surface area contributed by atoms with Gasteiger partial charge in [-0.3, -0.25) is 0 Å². The van der Waals surface area contributed by atoms with Crippen LogP contribution in [0.15, 0.2) is 12.7 Å². The number of hydrogen-bond acceptors (Lipinski definition) is 5. The molecule has 0 radical (unpaired) electrons. The summed E-state index contributed by atoms with van der Waals surface area (Å²) in [5, 5.41) is 0. The van der Waals surface area contributed by atoms with Gasteiger partial charge in [0.25, 0.3) is 0 Å². The first-order valence-electron chi connectivity index (χ1n) is 7.77. The van der Waals surface area contributed by atoms with Crippen molar-refractivity contribution < 1.29 is 23.7 Å². The molecule has 0 aromatic rings. The molecule has 0 aliphatic carbocycles. The van der Waals surface area contributed by atoms with E-state index < -0.39 is 5.79 Å². The summed E-state index contributed by atoms with van der Waals surface area (Å²) in [5.74, 6) is -0.502. The largest absolute Gasteiger partial charge is 0.376 e. The van der Waals surface area contributed by atoms with Crippen molar-refractivity contribution in [2.45, 2.75) is 51.6 Å². The van der Waals surface area contributed by atoms with E-state index in [1.54, 1.807) is 6.08 Å². The van der Waals surface area contributed by atoms with Gasteiger partial charge in [0.15, 0.2) is 5.79 Å². The maximum absolute atomic E-state index is 5.78. The van der Waals surface area contributed by atoms with Gasteiger partial charge in [0.2, 0.25) is 0 Å². The van der Waals surface area contributed by atoms with Crippen LogP contribution in [0.4, 0.5) is 0 Å². The van der Waals surface area contributed by atoms with E-state index in [1.807, 2.05) is 13.8 Å². The molecule has 2 atom stereocenters. The Labute approximate surface area is 128 Å². The van der Waals surface area contributed by atoms with Crippen LogP contribution in [-0.2, 0) is 23.7 Å². The van der Waals surface area contributed by atoms with E-state index in [-0.39, 0.29) is 12.2 Å². The van der Waals surface area contributed by atoms with Gasteiger partial charge in [-0.2, -0.15) is 0 Å². The highest BCUT2D eigenvalue weighted by atomic mass is 16.7. The molecule has 0 amide bonds. The van der Waals surface area contributed by atoms with Crippen molar-refractivity contribution in [3.63, 3.8) is 0 Å². The van der Waals surface area contributed by atoms with Gasteiger partial charge in [0.1, 0.15) is 12.2 Å². The molecule has 0 saturated carbocycles. The monoisotopic (exact) mass is 302 g/mol. The van der Waals surface area contributed by atoms with Crippen LogP contribution in [0, 0.1) is 0 Å². The van der Waals surface area contributed by atoms with Crippen molar-refractivity contribution in [3.05, 3.63) is 12.7 Å². The Balaban J connectivity index is 2.19. The fraction of sp³-hybridized carbons (Fsp3) is 0.875. The Morgan fingerprint density at radius 3 is 2.71 bits per heavy atom. The fourth-order valence-corrected chi connectivity index (χ4v) is 2.00. The van der Waals surface area contributed by atoms with E-state index in [4.69, 9.17) is 23.7 Å². The predicted octanol–water partition coefficient (Wildman–Crippen LogP) is 2.54. The molecule has 5 nitrogen and oxygen atoms in total. The van der Waals surface area contributed by atoms with Crippen molar-refractivity contribution in [2.75, 3.05) is 39.6 Å². The van der Waals surface area contributed by atoms with Crippen LogP contribution < -0.4 is 0 Å². The molecule has 1 aliphatic rings. The Morgan fingerprint density at radius 2 is 2.10 bits per heavy atom. The summed E-state index contributed by atoms with van der Waals surface area (Å²) in [4.78, 5) is 0. The molecule has 0 aromatic heterocycles. The summed E-state index contributed by atoms with van der Waals surface area (Å²) in [7, 11) is 0. The lowest BCUT2D eigenvalue weighted by atomic mass is 10.3. The normalized spacial score (nSPS) is 22.3. The van der Waals surface area contributed by atoms with Crippen molar-refractivity contribution in [2.24, 2.45) is 0 Å². The molecule has 0 spiro atoms. The molecule has 1 heterocycles. The SMILES string of the molecule is C=CCOCC(COCC1COC(C)(C)O1)OCCCC. The predicted molar refractivity (Wildman–Crippen MR) is 81.4 cm³/mol. The topological polar surface area (TPSA) is 46.2 Å². The quantitative estimate of drug-likeness (QED) is 0.409.